The highest BCUT2D eigenvalue weighted by Gasteiger charge is 2.19. The van der Waals surface area contributed by atoms with Gasteiger partial charge in [0.15, 0.2) is 0 Å². The van der Waals surface area contributed by atoms with Gasteiger partial charge in [-0.25, -0.2) is 22.1 Å². The van der Waals surface area contributed by atoms with Gasteiger partial charge in [-0.05, 0) is 36.4 Å². The molecular formula is C21H24FN5O4S. The molecule has 32 heavy (non-hydrogen) atoms. The van der Waals surface area contributed by atoms with E-state index >= 15 is 0 Å². The summed E-state index contributed by atoms with van der Waals surface area (Å²) in [6.07, 6.45) is 0.392. The monoisotopic (exact) mass is 461 g/mol. The van der Waals surface area contributed by atoms with Gasteiger partial charge in [0.25, 0.3) is 5.91 Å². The summed E-state index contributed by atoms with van der Waals surface area (Å²) in [6, 6.07) is 8.48. The molecule has 0 saturated carbocycles. The van der Waals surface area contributed by atoms with Crippen LogP contribution in [-0.4, -0.2) is 55.2 Å². The second kappa shape index (κ2) is 9.05. The summed E-state index contributed by atoms with van der Waals surface area (Å²) in [4.78, 5) is 28.7. The third-order valence-corrected chi connectivity index (χ3v) is 6.83. The summed E-state index contributed by atoms with van der Waals surface area (Å²) in [5.74, 6) is -0.992. The van der Waals surface area contributed by atoms with E-state index in [1.807, 2.05) is 0 Å². The standard InChI is InChI=1S/C21H24FN5O4S/c1-23-21(29)15-11-13(5-7-16(15)22)24-20(28)10-9-19-25-17-12-14(32(30,31)26(2)3)6-8-18(17)27(19)4/h5-8,11-12H,9-10H2,1-4H3,(H,23,29)(H,24,28). The lowest BCUT2D eigenvalue weighted by Gasteiger charge is -2.10. The lowest BCUT2D eigenvalue weighted by Crippen LogP contribution is -2.22. The average Bonchev–Trinajstić information content (AvgIpc) is 3.08. The summed E-state index contributed by atoms with van der Waals surface area (Å²) < 4.78 is 41.4. The van der Waals surface area contributed by atoms with E-state index in [1.54, 1.807) is 17.7 Å². The van der Waals surface area contributed by atoms with Crippen LogP contribution in [-0.2, 0) is 28.3 Å². The molecule has 0 fully saturated rings. The normalized spacial score (nSPS) is 11.7. The molecule has 0 saturated heterocycles. The number of imidazole rings is 1. The highest BCUT2D eigenvalue weighted by Crippen LogP contribution is 2.22. The highest BCUT2D eigenvalue weighted by atomic mass is 32.2. The number of benzene rings is 2. The SMILES string of the molecule is CNC(=O)c1cc(NC(=O)CCc2nc3cc(S(=O)(=O)N(C)C)ccc3n2C)ccc1F. The Hall–Kier alpha value is -3.31. The van der Waals surface area contributed by atoms with Crippen LogP contribution in [0.4, 0.5) is 10.1 Å². The Bertz CT molecular complexity index is 1300. The van der Waals surface area contributed by atoms with Crippen molar-refractivity contribution in [3.63, 3.8) is 0 Å². The van der Waals surface area contributed by atoms with Gasteiger partial charge in [0.2, 0.25) is 15.9 Å². The first kappa shape index (κ1) is 23.4. The van der Waals surface area contributed by atoms with E-state index < -0.39 is 21.7 Å². The number of amides is 2. The van der Waals surface area contributed by atoms with Crippen LogP contribution >= 0.6 is 0 Å². The fraction of sp³-hybridized carbons (Fsp3) is 0.286. The average molecular weight is 462 g/mol. The number of aryl methyl sites for hydroxylation is 2. The van der Waals surface area contributed by atoms with Crippen molar-refractivity contribution < 1.29 is 22.4 Å². The molecule has 0 aliphatic rings. The van der Waals surface area contributed by atoms with Crippen molar-refractivity contribution in [2.24, 2.45) is 7.05 Å². The quantitative estimate of drug-likeness (QED) is 0.558. The van der Waals surface area contributed by atoms with E-state index in [1.165, 1.54) is 45.4 Å². The predicted octanol–water partition coefficient (Wildman–Crippen LogP) is 1.89. The van der Waals surface area contributed by atoms with Crippen molar-refractivity contribution in [2.45, 2.75) is 17.7 Å². The molecule has 2 amide bonds. The van der Waals surface area contributed by atoms with Crippen LogP contribution in [0.1, 0.15) is 22.6 Å². The zero-order valence-corrected chi connectivity index (χ0v) is 19.0. The van der Waals surface area contributed by atoms with Gasteiger partial charge < -0.3 is 15.2 Å². The molecule has 11 heteroatoms. The third kappa shape index (κ3) is 4.63. The highest BCUT2D eigenvalue weighted by molar-refractivity contribution is 7.89. The molecular weight excluding hydrogens is 437 g/mol. The maximum atomic E-state index is 13.8. The number of sulfonamides is 1. The first-order valence-electron chi connectivity index (χ1n) is 9.74. The van der Waals surface area contributed by atoms with Crippen molar-refractivity contribution in [3.05, 3.63) is 53.6 Å². The second-order valence-electron chi connectivity index (χ2n) is 7.35. The number of nitrogens with one attached hydrogen (secondary N) is 2. The van der Waals surface area contributed by atoms with Gasteiger partial charge in [-0.3, -0.25) is 9.59 Å². The number of carbonyl (C=O) groups excluding carboxylic acids is 2. The van der Waals surface area contributed by atoms with Crippen molar-refractivity contribution in [1.82, 2.24) is 19.2 Å². The van der Waals surface area contributed by atoms with Crippen LogP contribution < -0.4 is 10.6 Å². The molecule has 170 valence electrons. The Morgan fingerprint density at radius 3 is 2.53 bits per heavy atom. The Labute approximate surface area is 185 Å². The van der Waals surface area contributed by atoms with Crippen LogP contribution in [0.15, 0.2) is 41.3 Å². The molecule has 1 heterocycles. The van der Waals surface area contributed by atoms with Gasteiger partial charge in [0.1, 0.15) is 11.6 Å². The fourth-order valence-corrected chi connectivity index (χ4v) is 4.11. The molecule has 2 N–H and O–H groups in total. The Balaban J connectivity index is 1.74. The van der Waals surface area contributed by atoms with Crippen LogP contribution in [0.3, 0.4) is 0 Å². The molecule has 9 nitrogen and oxygen atoms in total. The second-order valence-corrected chi connectivity index (χ2v) is 9.50. The molecule has 2 aromatic carbocycles. The Morgan fingerprint density at radius 1 is 1.16 bits per heavy atom. The summed E-state index contributed by atoms with van der Waals surface area (Å²) in [5, 5.41) is 4.99. The zero-order valence-electron chi connectivity index (χ0n) is 18.1. The minimum atomic E-state index is -3.58. The van der Waals surface area contributed by atoms with Gasteiger partial charge in [-0.15, -0.1) is 0 Å². The van der Waals surface area contributed by atoms with Crippen LogP contribution in [0.2, 0.25) is 0 Å². The largest absolute Gasteiger partial charge is 0.355 e. The van der Waals surface area contributed by atoms with E-state index in [4.69, 9.17) is 0 Å². The molecule has 0 bridgehead atoms. The number of fused-ring (bicyclic) bond motifs is 1. The molecule has 1 aromatic heterocycles. The maximum absolute atomic E-state index is 13.8. The van der Waals surface area contributed by atoms with Crippen molar-refractivity contribution in [2.75, 3.05) is 26.5 Å². The fourth-order valence-electron chi connectivity index (χ4n) is 3.18. The first-order valence-corrected chi connectivity index (χ1v) is 11.2. The summed E-state index contributed by atoms with van der Waals surface area (Å²) >= 11 is 0. The Morgan fingerprint density at radius 2 is 1.88 bits per heavy atom. The first-order chi connectivity index (χ1) is 15.0. The molecule has 0 radical (unpaired) electrons. The number of hydrogen-bond donors (Lipinski definition) is 2. The van der Waals surface area contributed by atoms with Gasteiger partial charge in [-0.1, -0.05) is 0 Å². The molecule has 3 aromatic rings. The van der Waals surface area contributed by atoms with Gasteiger partial charge in [0, 0.05) is 46.7 Å². The molecule has 0 aliphatic heterocycles. The number of halogens is 1. The van der Waals surface area contributed by atoms with Crippen molar-refractivity contribution >= 4 is 38.6 Å². The molecule has 0 aliphatic carbocycles. The Kier molecular flexibility index (Phi) is 6.60. The topological polar surface area (TPSA) is 113 Å². The van der Waals surface area contributed by atoms with Gasteiger partial charge >= 0.3 is 0 Å². The zero-order chi connectivity index (χ0) is 23.6. The smallest absolute Gasteiger partial charge is 0.254 e. The number of anilines is 1. The summed E-state index contributed by atoms with van der Waals surface area (Å²) in [5.41, 5.74) is 1.40. The summed E-state index contributed by atoms with van der Waals surface area (Å²) in [7, 11) is 2.52. The molecule has 0 spiro atoms. The maximum Gasteiger partial charge on any atom is 0.254 e. The van der Waals surface area contributed by atoms with Crippen molar-refractivity contribution in [3.8, 4) is 0 Å². The van der Waals surface area contributed by atoms with E-state index in [-0.39, 0.29) is 22.8 Å². The minimum absolute atomic E-state index is 0.0900. The molecule has 0 atom stereocenters. The molecule has 3 rings (SSSR count). The predicted molar refractivity (Wildman–Crippen MR) is 118 cm³/mol. The lowest BCUT2D eigenvalue weighted by molar-refractivity contribution is -0.116. The number of nitrogens with zero attached hydrogens (tertiary/aromatic N) is 3. The van der Waals surface area contributed by atoms with Crippen LogP contribution in [0.5, 0.6) is 0 Å². The van der Waals surface area contributed by atoms with E-state index in [9.17, 15) is 22.4 Å². The van der Waals surface area contributed by atoms with Gasteiger partial charge in [0.05, 0.1) is 21.5 Å². The molecule has 0 unspecified atom stereocenters. The third-order valence-electron chi connectivity index (χ3n) is 5.02. The number of hydrogen-bond acceptors (Lipinski definition) is 5. The lowest BCUT2D eigenvalue weighted by atomic mass is 10.1. The van der Waals surface area contributed by atoms with E-state index in [2.05, 4.69) is 15.6 Å². The minimum Gasteiger partial charge on any atom is -0.355 e. The van der Waals surface area contributed by atoms with Gasteiger partial charge in [-0.2, -0.15) is 0 Å². The van der Waals surface area contributed by atoms with E-state index in [0.717, 1.165) is 15.9 Å². The number of carbonyl (C=O) groups is 2. The number of aromatic nitrogens is 2. The van der Waals surface area contributed by atoms with E-state index in [0.29, 0.717) is 23.4 Å². The van der Waals surface area contributed by atoms with Crippen LogP contribution in [0.25, 0.3) is 11.0 Å². The van der Waals surface area contributed by atoms with Crippen molar-refractivity contribution in [1.29, 1.82) is 0 Å². The summed E-state index contributed by atoms with van der Waals surface area (Å²) in [6.45, 7) is 0. The van der Waals surface area contributed by atoms with Crippen LogP contribution in [0, 0.1) is 5.82 Å². The number of rotatable bonds is 7.